The van der Waals surface area contributed by atoms with Gasteiger partial charge in [-0.05, 0) is 75.9 Å². The van der Waals surface area contributed by atoms with Crippen molar-refractivity contribution in [2.24, 2.45) is 0 Å². The summed E-state index contributed by atoms with van der Waals surface area (Å²) in [7, 11) is 6.99. The van der Waals surface area contributed by atoms with Gasteiger partial charge in [-0.1, -0.05) is 6.07 Å². The Morgan fingerprint density at radius 1 is 1.03 bits per heavy atom. The summed E-state index contributed by atoms with van der Waals surface area (Å²) in [6.45, 7) is 3.46. The average Bonchev–Trinajstić information content (AvgIpc) is 3.09. The smallest absolute Gasteiger partial charge is 0.295 e. The van der Waals surface area contributed by atoms with Crippen LogP contribution < -0.4 is 14.2 Å². The average molecular weight is 469 g/mol. The number of ether oxygens (including phenoxy) is 3. The highest BCUT2D eigenvalue weighted by Gasteiger charge is 2.46. The summed E-state index contributed by atoms with van der Waals surface area (Å²) in [6, 6.07) is 11.2. The standard InChI is InChI=1S/C26H32N2O6/c1-6-34-20-13-10-18(16-21(20)33-5)23-22(24(29)17-8-11-19(32-4)12-9-17)25(30)26(31)28(23)15-7-14-27(2)3/h8-13,16,23,29H,6-7,14-15H2,1-5H3/b24-22+/t23-/m0/s1. The number of nitrogens with zero attached hydrogens (tertiary/aromatic N) is 2. The fraction of sp³-hybridized carbons (Fsp3) is 0.385. The van der Waals surface area contributed by atoms with Crippen LogP contribution in [0.1, 0.15) is 30.5 Å². The van der Waals surface area contributed by atoms with Crippen LogP contribution in [0.3, 0.4) is 0 Å². The highest BCUT2D eigenvalue weighted by atomic mass is 16.5. The fourth-order valence-electron chi connectivity index (χ4n) is 4.05. The Morgan fingerprint density at radius 2 is 1.74 bits per heavy atom. The number of aliphatic hydroxyl groups is 1. The Labute approximate surface area is 200 Å². The molecule has 1 saturated heterocycles. The van der Waals surface area contributed by atoms with Crippen molar-refractivity contribution in [3.05, 3.63) is 59.2 Å². The van der Waals surface area contributed by atoms with E-state index < -0.39 is 17.7 Å². The molecule has 3 rings (SSSR count). The molecule has 1 amide bonds. The van der Waals surface area contributed by atoms with E-state index in [1.54, 1.807) is 49.6 Å². The van der Waals surface area contributed by atoms with Crippen LogP contribution in [-0.4, -0.2) is 74.6 Å². The van der Waals surface area contributed by atoms with Crippen molar-refractivity contribution in [3.8, 4) is 17.2 Å². The summed E-state index contributed by atoms with van der Waals surface area (Å²) in [5.41, 5.74) is 1.13. The zero-order valence-corrected chi connectivity index (χ0v) is 20.3. The van der Waals surface area contributed by atoms with E-state index >= 15 is 0 Å². The lowest BCUT2D eigenvalue weighted by atomic mass is 9.95. The molecule has 0 aliphatic carbocycles. The number of rotatable bonds is 10. The summed E-state index contributed by atoms with van der Waals surface area (Å²) in [6.07, 6.45) is 0.674. The minimum Gasteiger partial charge on any atom is -0.507 e. The van der Waals surface area contributed by atoms with E-state index in [2.05, 4.69) is 0 Å². The van der Waals surface area contributed by atoms with Gasteiger partial charge in [0, 0.05) is 12.1 Å². The number of benzene rings is 2. The Bertz CT molecular complexity index is 1060. The molecular formula is C26H32N2O6. The number of amides is 1. The van der Waals surface area contributed by atoms with Crippen molar-refractivity contribution in [2.45, 2.75) is 19.4 Å². The van der Waals surface area contributed by atoms with Gasteiger partial charge in [0.25, 0.3) is 11.7 Å². The van der Waals surface area contributed by atoms with Gasteiger partial charge in [-0.3, -0.25) is 9.59 Å². The second kappa shape index (κ2) is 11.1. The first-order valence-electron chi connectivity index (χ1n) is 11.2. The maximum atomic E-state index is 13.2. The molecule has 0 unspecified atom stereocenters. The molecule has 1 heterocycles. The first-order valence-corrected chi connectivity index (χ1v) is 11.2. The molecule has 2 aromatic carbocycles. The van der Waals surface area contributed by atoms with Crippen molar-refractivity contribution >= 4 is 17.4 Å². The van der Waals surface area contributed by atoms with Crippen LogP contribution in [0.4, 0.5) is 0 Å². The molecule has 0 spiro atoms. The van der Waals surface area contributed by atoms with E-state index in [-0.39, 0.29) is 11.3 Å². The molecule has 34 heavy (non-hydrogen) atoms. The zero-order chi connectivity index (χ0) is 24.8. The Balaban J connectivity index is 2.12. The summed E-state index contributed by atoms with van der Waals surface area (Å²) < 4.78 is 16.3. The number of likely N-dealkylation sites (tertiary alicyclic amines) is 1. The molecule has 1 aliphatic rings. The van der Waals surface area contributed by atoms with Crippen molar-refractivity contribution < 1.29 is 28.9 Å². The minimum atomic E-state index is -0.756. The Kier molecular flexibility index (Phi) is 8.17. The molecule has 1 fully saturated rings. The minimum absolute atomic E-state index is 0.0474. The van der Waals surface area contributed by atoms with Gasteiger partial charge in [-0.2, -0.15) is 0 Å². The van der Waals surface area contributed by atoms with E-state index in [4.69, 9.17) is 14.2 Å². The summed E-state index contributed by atoms with van der Waals surface area (Å²) in [5, 5.41) is 11.2. The number of Topliss-reactive ketones (excluding diaryl/α,β-unsaturated/α-hetero) is 1. The molecular weight excluding hydrogens is 436 g/mol. The lowest BCUT2D eigenvalue weighted by Crippen LogP contribution is -2.32. The maximum Gasteiger partial charge on any atom is 0.295 e. The molecule has 2 aromatic rings. The van der Waals surface area contributed by atoms with Gasteiger partial charge in [-0.15, -0.1) is 0 Å². The number of methoxy groups -OCH3 is 2. The van der Waals surface area contributed by atoms with Gasteiger partial charge < -0.3 is 29.1 Å². The van der Waals surface area contributed by atoms with Crippen molar-refractivity contribution in [1.29, 1.82) is 0 Å². The molecule has 0 radical (unpaired) electrons. The Morgan fingerprint density at radius 3 is 2.32 bits per heavy atom. The largest absolute Gasteiger partial charge is 0.507 e. The van der Waals surface area contributed by atoms with Gasteiger partial charge in [0.05, 0.1) is 32.4 Å². The number of carbonyl (C=O) groups excluding carboxylic acids is 2. The van der Waals surface area contributed by atoms with Crippen LogP contribution in [0.25, 0.3) is 5.76 Å². The molecule has 182 valence electrons. The topological polar surface area (TPSA) is 88.5 Å². The molecule has 1 N–H and O–H groups in total. The monoisotopic (exact) mass is 468 g/mol. The number of hydrogen-bond acceptors (Lipinski definition) is 7. The van der Waals surface area contributed by atoms with E-state index in [0.29, 0.717) is 47.9 Å². The molecule has 0 bridgehead atoms. The lowest BCUT2D eigenvalue weighted by Gasteiger charge is -2.26. The number of carbonyl (C=O) groups is 2. The van der Waals surface area contributed by atoms with Crippen LogP contribution in [0.5, 0.6) is 17.2 Å². The molecule has 0 saturated carbocycles. The van der Waals surface area contributed by atoms with E-state index in [1.807, 2.05) is 25.9 Å². The quantitative estimate of drug-likeness (QED) is 0.324. The van der Waals surface area contributed by atoms with E-state index in [9.17, 15) is 14.7 Å². The number of ketones is 1. The van der Waals surface area contributed by atoms with Crippen LogP contribution in [0.2, 0.25) is 0 Å². The van der Waals surface area contributed by atoms with Gasteiger partial charge in [0.1, 0.15) is 11.5 Å². The normalized spacial score (nSPS) is 17.4. The van der Waals surface area contributed by atoms with Crippen LogP contribution >= 0.6 is 0 Å². The van der Waals surface area contributed by atoms with Gasteiger partial charge in [0.2, 0.25) is 0 Å². The third kappa shape index (κ3) is 5.17. The third-order valence-electron chi connectivity index (χ3n) is 5.71. The van der Waals surface area contributed by atoms with Crippen molar-refractivity contribution in [3.63, 3.8) is 0 Å². The second-order valence-corrected chi connectivity index (χ2v) is 8.22. The molecule has 1 aliphatic heterocycles. The second-order valence-electron chi connectivity index (χ2n) is 8.22. The van der Waals surface area contributed by atoms with Crippen molar-refractivity contribution in [1.82, 2.24) is 9.80 Å². The molecule has 8 nitrogen and oxygen atoms in total. The highest BCUT2D eigenvalue weighted by molar-refractivity contribution is 6.46. The fourth-order valence-corrected chi connectivity index (χ4v) is 4.05. The molecule has 1 atom stereocenters. The lowest BCUT2D eigenvalue weighted by molar-refractivity contribution is -0.139. The van der Waals surface area contributed by atoms with E-state index in [1.165, 1.54) is 12.0 Å². The van der Waals surface area contributed by atoms with Crippen LogP contribution in [-0.2, 0) is 9.59 Å². The third-order valence-corrected chi connectivity index (χ3v) is 5.71. The SMILES string of the molecule is CCOc1ccc([C@H]2/C(=C(\O)c3ccc(OC)cc3)C(=O)C(=O)N2CCCN(C)C)cc1OC. The maximum absolute atomic E-state index is 13.2. The number of aliphatic hydroxyl groups excluding tert-OH is 1. The Hall–Kier alpha value is -3.52. The van der Waals surface area contributed by atoms with Crippen LogP contribution in [0.15, 0.2) is 48.0 Å². The zero-order valence-electron chi connectivity index (χ0n) is 20.3. The van der Waals surface area contributed by atoms with Crippen molar-refractivity contribution in [2.75, 3.05) is 48.0 Å². The van der Waals surface area contributed by atoms with Gasteiger partial charge in [-0.25, -0.2) is 0 Å². The van der Waals surface area contributed by atoms with Gasteiger partial charge >= 0.3 is 0 Å². The van der Waals surface area contributed by atoms with Gasteiger partial charge in [0.15, 0.2) is 11.5 Å². The predicted molar refractivity (Wildman–Crippen MR) is 129 cm³/mol. The van der Waals surface area contributed by atoms with E-state index in [0.717, 1.165) is 6.54 Å². The molecule has 8 heteroatoms. The predicted octanol–water partition coefficient (Wildman–Crippen LogP) is 3.48. The highest BCUT2D eigenvalue weighted by Crippen LogP contribution is 2.42. The van der Waals surface area contributed by atoms with Crippen LogP contribution in [0, 0.1) is 0 Å². The first kappa shape index (κ1) is 25.1. The first-order chi connectivity index (χ1) is 16.3. The summed E-state index contributed by atoms with van der Waals surface area (Å²) in [4.78, 5) is 29.8. The molecule has 0 aromatic heterocycles. The summed E-state index contributed by atoms with van der Waals surface area (Å²) >= 11 is 0. The number of hydrogen-bond donors (Lipinski definition) is 1. The summed E-state index contributed by atoms with van der Waals surface area (Å²) in [5.74, 6) is 0.0984.